The van der Waals surface area contributed by atoms with E-state index in [9.17, 15) is 18.9 Å². The fraction of sp³-hybridized carbons (Fsp3) is 0.375. The molecular weight excluding hydrogens is 208 g/mol. The molecule has 5 nitrogen and oxygen atoms in total. The van der Waals surface area contributed by atoms with Gasteiger partial charge in [0, 0.05) is 12.2 Å². The third-order valence-corrected chi connectivity index (χ3v) is 1.83. The van der Waals surface area contributed by atoms with Crippen molar-refractivity contribution in [2.75, 3.05) is 0 Å². The topological polar surface area (TPSA) is 82.0 Å². The first-order chi connectivity index (χ1) is 6.97. The van der Waals surface area contributed by atoms with Crippen molar-refractivity contribution < 1.29 is 13.7 Å². The first kappa shape index (κ1) is 11.4. The fourth-order valence-electron chi connectivity index (χ4n) is 1.28. The lowest BCUT2D eigenvalue weighted by Gasteiger charge is -2.06. The Labute approximate surface area is 84.1 Å². The summed E-state index contributed by atoms with van der Waals surface area (Å²) in [6, 6.07) is 1.00. The van der Waals surface area contributed by atoms with Crippen LogP contribution in [0, 0.1) is 17.0 Å². The smallest absolute Gasteiger partial charge is 0.300 e. The number of pyridine rings is 1. The number of nitrogens with zero attached hydrogens (tertiary/aromatic N) is 2. The summed E-state index contributed by atoms with van der Waals surface area (Å²) in [6.45, 7) is 1.24. The Morgan fingerprint density at radius 1 is 1.67 bits per heavy atom. The zero-order valence-electron chi connectivity index (χ0n) is 7.91. The normalized spacial score (nSPS) is 10.7. The Morgan fingerprint density at radius 2 is 2.27 bits per heavy atom. The van der Waals surface area contributed by atoms with Gasteiger partial charge in [0.05, 0.1) is 10.5 Å². The van der Waals surface area contributed by atoms with Crippen LogP contribution in [0.25, 0.3) is 0 Å². The molecule has 0 aliphatic carbocycles. The van der Waals surface area contributed by atoms with Crippen molar-refractivity contribution in [2.24, 2.45) is 5.73 Å². The molecule has 0 atom stereocenters. The van der Waals surface area contributed by atoms with E-state index in [0.717, 1.165) is 6.07 Å². The quantitative estimate of drug-likeness (QED) is 0.617. The minimum Gasteiger partial charge on any atom is -0.325 e. The lowest BCUT2D eigenvalue weighted by molar-refractivity contribution is -0.387. The Bertz CT molecular complexity index is 396. The second kappa shape index (κ2) is 4.26. The third-order valence-electron chi connectivity index (χ3n) is 1.83. The van der Waals surface area contributed by atoms with Gasteiger partial charge in [0.1, 0.15) is 5.69 Å². The summed E-state index contributed by atoms with van der Waals surface area (Å²) in [5, 5.41) is 10.6. The van der Waals surface area contributed by atoms with Crippen LogP contribution in [0.4, 0.5) is 14.5 Å². The second-order valence-corrected chi connectivity index (χ2v) is 2.91. The number of nitro groups is 1. The highest BCUT2D eigenvalue weighted by Crippen LogP contribution is 2.31. The zero-order valence-corrected chi connectivity index (χ0v) is 7.91. The number of hydrogen-bond donors (Lipinski definition) is 1. The molecule has 0 aromatic carbocycles. The molecule has 0 radical (unpaired) electrons. The summed E-state index contributed by atoms with van der Waals surface area (Å²) in [6.07, 6.45) is -2.91. The van der Waals surface area contributed by atoms with Gasteiger partial charge in [0.15, 0.2) is 0 Å². The van der Waals surface area contributed by atoms with Crippen LogP contribution in [0.3, 0.4) is 0 Å². The molecule has 1 heterocycles. The van der Waals surface area contributed by atoms with E-state index in [0.29, 0.717) is 0 Å². The van der Waals surface area contributed by atoms with Gasteiger partial charge in [-0.25, -0.2) is 13.8 Å². The van der Waals surface area contributed by atoms with E-state index < -0.39 is 22.6 Å². The Kier molecular flexibility index (Phi) is 3.25. The second-order valence-electron chi connectivity index (χ2n) is 2.91. The van der Waals surface area contributed by atoms with Gasteiger partial charge in [0.25, 0.3) is 6.43 Å². The van der Waals surface area contributed by atoms with Gasteiger partial charge in [-0.2, -0.15) is 0 Å². The van der Waals surface area contributed by atoms with E-state index >= 15 is 0 Å². The molecule has 0 aliphatic heterocycles. The van der Waals surface area contributed by atoms with Crippen molar-refractivity contribution in [1.29, 1.82) is 0 Å². The van der Waals surface area contributed by atoms with Gasteiger partial charge in [-0.1, -0.05) is 0 Å². The van der Waals surface area contributed by atoms with Crippen molar-refractivity contribution in [3.05, 3.63) is 33.1 Å². The highest BCUT2D eigenvalue weighted by atomic mass is 19.3. The van der Waals surface area contributed by atoms with Gasteiger partial charge in [-0.15, -0.1) is 0 Å². The molecule has 0 amide bonds. The molecule has 0 saturated heterocycles. The molecule has 1 rings (SSSR count). The Morgan fingerprint density at radius 3 is 2.67 bits per heavy atom. The van der Waals surface area contributed by atoms with Crippen molar-refractivity contribution in [2.45, 2.75) is 19.9 Å². The summed E-state index contributed by atoms with van der Waals surface area (Å²) >= 11 is 0. The molecule has 1 aromatic heterocycles. The molecular formula is C8H9F2N3O2. The fourth-order valence-corrected chi connectivity index (χ4v) is 1.28. The maximum Gasteiger partial charge on any atom is 0.300 e. The third kappa shape index (κ3) is 2.24. The van der Waals surface area contributed by atoms with Crippen molar-refractivity contribution in [1.82, 2.24) is 4.98 Å². The molecule has 0 fully saturated rings. The van der Waals surface area contributed by atoms with E-state index in [4.69, 9.17) is 5.73 Å². The summed E-state index contributed by atoms with van der Waals surface area (Å²) in [5.41, 5.74) is 4.07. The maximum atomic E-state index is 12.5. The summed E-state index contributed by atoms with van der Waals surface area (Å²) in [7, 11) is 0. The van der Waals surface area contributed by atoms with Crippen molar-refractivity contribution >= 4 is 5.69 Å². The number of aromatic nitrogens is 1. The van der Waals surface area contributed by atoms with E-state index in [1.165, 1.54) is 6.92 Å². The lowest BCUT2D eigenvalue weighted by atomic mass is 10.1. The number of hydrogen-bond acceptors (Lipinski definition) is 4. The molecule has 0 unspecified atom stereocenters. The van der Waals surface area contributed by atoms with Gasteiger partial charge >= 0.3 is 5.69 Å². The Balaban J connectivity index is 3.47. The van der Waals surface area contributed by atoms with Crippen LogP contribution in [0.5, 0.6) is 0 Å². The minimum atomic E-state index is -2.91. The number of aryl methyl sites for hydroxylation is 1. The van der Waals surface area contributed by atoms with Crippen molar-refractivity contribution in [3.63, 3.8) is 0 Å². The van der Waals surface area contributed by atoms with Gasteiger partial charge in [-0.3, -0.25) is 10.1 Å². The van der Waals surface area contributed by atoms with Crippen LogP contribution in [0.15, 0.2) is 6.07 Å². The highest BCUT2D eigenvalue weighted by molar-refractivity contribution is 5.46. The minimum absolute atomic E-state index is 0.115. The number of nitrogens with two attached hydrogens (primary N) is 1. The molecule has 0 spiro atoms. The average Bonchev–Trinajstić information content (AvgIpc) is 2.15. The van der Waals surface area contributed by atoms with Crippen LogP contribution in [-0.4, -0.2) is 9.91 Å². The first-order valence-corrected chi connectivity index (χ1v) is 4.10. The zero-order chi connectivity index (χ0) is 11.6. The first-order valence-electron chi connectivity index (χ1n) is 4.10. The summed E-state index contributed by atoms with van der Waals surface area (Å²) in [4.78, 5) is 13.5. The van der Waals surface area contributed by atoms with Gasteiger partial charge < -0.3 is 5.73 Å². The lowest BCUT2D eigenvalue weighted by Crippen LogP contribution is -2.09. The average molecular weight is 217 g/mol. The van der Waals surface area contributed by atoms with Crippen LogP contribution < -0.4 is 5.73 Å². The highest BCUT2D eigenvalue weighted by Gasteiger charge is 2.26. The number of alkyl halides is 2. The molecule has 2 N–H and O–H groups in total. The molecule has 0 saturated carbocycles. The molecule has 15 heavy (non-hydrogen) atoms. The van der Waals surface area contributed by atoms with Crippen LogP contribution in [0.1, 0.15) is 23.4 Å². The predicted octanol–water partition coefficient (Wildman–Crippen LogP) is 1.69. The van der Waals surface area contributed by atoms with E-state index in [1.807, 2.05) is 0 Å². The molecule has 0 bridgehead atoms. The van der Waals surface area contributed by atoms with E-state index in [1.54, 1.807) is 0 Å². The Hall–Kier alpha value is -1.63. The van der Waals surface area contributed by atoms with Crippen LogP contribution >= 0.6 is 0 Å². The van der Waals surface area contributed by atoms with Crippen LogP contribution in [0.2, 0.25) is 0 Å². The maximum absolute atomic E-state index is 12.5. The predicted molar refractivity (Wildman–Crippen MR) is 48.5 cm³/mol. The van der Waals surface area contributed by atoms with Gasteiger partial charge in [0.2, 0.25) is 0 Å². The monoisotopic (exact) mass is 217 g/mol. The van der Waals surface area contributed by atoms with Crippen molar-refractivity contribution in [3.8, 4) is 0 Å². The van der Waals surface area contributed by atoms with Crippen LogP contribution in [-0.2, 0) is 6.54 Å². The SMILES string of the molecule is Cc1cc(C(F)F)c([N+](=O)[O-])c(CN)n1. The number of rotatable bonds is 3. The number of halogens is 2. The molecule has 0 aliphatic rings. The largest absolute Gasteiger partial charge is 0.325 e. The van der Waals surface area contributed by atoms with Gasteiger partial charge in [-0.05, 0) is 13.0 Å². The van der Waals surface area contributed by atoms with E-state index in [-0.39, 0.29) is 17.9 Å². The molecule has 1 aromatic rings. The van der Waals surface area contributed by atoms with E-state index in [2.05, 4.69) is 4.98 Å². The summed E-state index contributed by atoms with van der Waals surface area (Å²) in [5.74, 6) is 0. The summed E-state index contributed by atoms with van der Waals surface area (Å²) < 4.78 is 25.0. The molecule has 82 valence electrons. The molecule has 7 heteroatoms. The standard InChI is InChI=1S/C8H9F2N3O2/c1-4-2-5(8(9)10)7(13(14)15)6(3-11)12-4/h2,8H,3,11H2,1H3.